The van der Waals surface area contributed by atoms with Gasteiger partial charge in [0.25, 0.3) is 0 Å². The largest absolute Gasteiger partial charge is 0.456 e. The molecular formula is C5H17NO6P2+2. The van der Waals surface area contributed by atoms with Crippen LogP contribution in [0.5, 0.6) is 0 Å². The average Bonchev–Trinajstić information content (AvgIpc) is 1.92. The number of hydrogen-bond donors (Lipinski definition) is 7. The van der Waals surface area contributed by atoms with Gasteiger partial charge in [0.1, 0.15) is 0 Å². The second-order valence-corrected chi connectivity index (χ2v) is 7.03. The predicted octanol–water partition coefficient (Wildman–Crippen LogP) is -1.21. The molecule has 0 saturated carbocycles. The van der Waals surface area contributed by atoms with Crippen molar-refractivity contribution in [3.05, 3.63) is 0 Å². The summed E-state index contributed by atoms with van der Waals surface area (Å²) in [5.74, 6) is 0. The van der Waals surface area contributed by atoms with Crippen molar-refractivity contribution in [3.63, 3.8) is 0 Å². The lowest BCUT2D eigenvalue weighted by Gasteiger charge is -2.17. The Bertz CT molecular complexity index is 153. The van der Waals surface area contributed by atoms with Crippen LogP contribution in [0.3, 0.4) is 0 Å². The van der Waals surface area contributed by atoms with Gasteiger partial charge in [-0.05, 0) is 13.0 Å². The Morgan fingerprint density at radius 2 is 1.43 bits per heavy atom. The molecule has 14 heavy (non-hydrogen) atoms. The molecule has 7 nitrogen and oxygen atoms in total. The monoisotopic (exact) mass is 249 g/mol. The molecule has 0 aliphatic rings. The molecule has 0 heterocycles. The molecule has 0 aromatic rings. The van der Waals surface area contributed by atoms with E-state index < -0.39 is 21.3 Å². The molecule has 0 aromatic heterocycles. The molecule has 0 rings (SSSR count). The Morgan fingerprint density at radius 1 is 1.00 bits per heavy atom. The SMILES string of the molecule is CCCNCC([P+](O)(O)O)[P+](O)(O)O. The average molecular weight is 249 g/mol. The fourth-order valence-corrected chi connectivity index (χ4v) is 3.27. The molecule has 9 heteroatoms. The molecule has 0 amide bonds. The highest BCUT2D eigenvalue weighted by atomic mass is 31.3. The van der Waals surface area contributed by atoms with Crippen molar-refractivity contribution in [1.29, 1.82) is 0 Å². The fraction of sp³-hybridized carbons (Fsp3) is 1.00. The van der Waals surface area contributed by atoms with E-state index in [1.165, 1.54) is 0 Å². The Hall–Kier alpha value is 0.580. The molecule has 0 radical (unpaired) electrons. The minimum absolute atomic E-state index is 0.262. The first-order valence-corrected chi connectivity index (χ1v) is 7.47. The third-order valence-electron chi connectivity index (χ3n) is 1.55. The van der Waals surface area contributed by atoms with Crippen LogP contribution in [0, 0.1) is 0 Å². The molecule has 0 aliphatic heterocycles. The van der Waals surface area contributed by atoms with Gasteiger partial charge >= 0.3 is 21.3 Å². The normalized spacial score (nSPS) is 13.7. The highest BCUT2D eigenvalue weighted by Crippen LogP contribution is 2.68. The van der Waals surface area contributed by atoms with Crippen LogP contribution in [0.15, 0.2) is 0 Å². The summed E-state index contributed by atoms with van der Waals surface area (Å²) >= 11 is 0. The van der Waals surface area contributed by atoms with Crippen LogP contribution in [0.1, 0.15) is 13.3 Å². The number of hydrogen-bond acceptors (Lipinski definition) is 7. The first-order valence-electron chi connectivity index (χ1n) is 4.04. The van der Waals surface area contributed by atoms with Crippen molar-refractivity contribution in [1.82, 2.24) is 5.32 Å². The van der Waals surface area contributed by atoms with E-state index in [0.717, 1.165) is 6.42 Å². The fourth-order valence-electron chi connectivity index (χ4n) is 0.861. The van der Waals surface area contributed by atoms with E-state index >= 15 is 0 Å². The van der Waals surface area contributed by atoms with E-state index in [0.29, 0.717) is 6.54 Å². The van der Waals surface area contributed by atoms with Gasteiger partial charge in [-0.25, -0.2) is 0 Å². The molecule has 0 saturated heterocycles. The molecule has 0 aromatic carbocycles. The van der Waals surface area contributed by atoms with E-state index in [9.17, 15) is 0 Å². The van der Waals surface area contributed by atoms with E-state index in [-0.39, 0.29) is 6.54 Å². The third kappa shape index (κ3) is 5.46. The molecule has 0 aliphatic carbocycles. The minimum Gasteiger partial charge on any atom is -0.309 e. The Morgan fingerprint density at radius 3 is 1.71 bits per heavy atom. The lowest BCUT2D eigenvalue weighted by atomic mass is 10.5. The van der Waals surface area contributed by atoms with Crippen molar-refractivity contribution in [2.45, 2.75) is 18.7 Å². The maximum absolute atomic E-state index is 8.84. The topological polar surface area (TPSA) is 133 Å². The molecule has 0 bridgehead atoms. The first-order chi connectivity index (χ1) is 6.19. The number of rotatable bonds is 6. The zero-order valence-electron chi connectivity index (χ0n) is 7.78. The molecule has 0 fully saturated rings. The van der Waals surface area contributed by atoms with Crippen LogP contribution >= 0.6 is 15.9 Å². The Labute approximate surface area is 83.2 Å². The standard InChI is InChI=1S/C5H17NO6P2/c1-2-3-6-4-5(13(7,8)9)14(10,11)12/h5-12H,2-4H2,1H3/q+2. The molecular weight excluding hydrogens is 232 g/mol. The minimum atomic E-state index is -4.45. The Kier molecular flexibility index (Phi) is 5.84. The third-order valence-corrected chi connectivity index (χ3v) is 5.38. The zero-order chi connectivity index (χ0) is 11.4. The second kappa shape index (κ2) is 5.61. The summed E-state index contributed by atoms with van der Waals surface area (Å²) in [5, 5.41) is 0.923. The van der Waals surface area contributed by atoms with Gasteiger partial charge in [-0.15, -0.1) is 0 Å². The van der Waals surface area contributed by atoms with Crippen LogP contribution in [0.25, 0.3) is 0 Å². The quantitative estimate of drug-likeness (QED) is 0.232. The smallest absolute Gasteiger partial charge is 0.309 e. The van der Waals surface area contributed by atoms with Crippen LogP contribution in [0.2, 0.25) is 0 Å². The molecule has 86 valence electrons. The highest BCUT2D eigenvalue weighted by molar-refractivity contribution is 7.77. The molecule has 0 spiro atoms. The molecule has 7 N–H and O–H groups in total. The summed E-state index contributed by atoms with van der Waals surface area (Å²) in [5.41, 5.74) is 0. The predicted molar refractivity (Wildman–Crippen MR) is 54.1 cm³/mol. The summed E-state index contributed by atoms with van der Waals surface area (Å²) in [7, 11) is -8.90. The van der Waals surface area contributed by atoms with Gasteiger partial charge in [0, 0.05) is 0 Å². The molecule has 0 atom stereocenters. The van der Waals surface area contributed by atoms with Crippen molar-refractivity contribution >= 4 is 15.9 Å². The van der Waals surface area contributed by atoms with Crippen LogP contribution in [-0.2, 0) is 0 Å². The van der Waals surface area contributed by atoms with E-state index in [1.54, 1.807) is 0 Å². The lowest BCUT2D eigenvalue weighted by molar-refractivity contribution is 0.289. The number of nitrogens with one attached hydrogen (secondary N) is 1. The van der Waals surface area contributed by atoms with Gasteiger partial charge < -0.3 is 5.32 Å². The van der Waals surface area contributed by atoms with Crippen molar-refractivity contribution in [3.8, 4) is 0 Å². The van der Waals surface area contributed by atoms with Gasteiger partial charge in [-0.2, -0.15) is 29.4 Å². The van der Waals surface area contributed by atoms with Crippen LogP contribution < -0.4 is 5.32 Å². The van der Waals surface area contributed by atoms with Gasteiger partial charge in [0.2, 0.25) is 0 Å². The zero-order valence-corrected chi connectivity index (χ0v) is 9.57. The summed E-state index contributed by atoms with van der Waals surface area (Å²) in [6, 6.07) is 0. The maximum atomic E-state index is 8.84. The van der Waals surface area contributed by atoms with Crippen molar-refractivity contribution in [2.24, 2.45) is 0 Å². The second-order valence-electron chi connectivity index (χ2n) is 2.91. The van der Waals surface area contributed by atoms with Gasteiger partial charge in [0.15, 0.2) is 0 Å². The summed E-state index contributed by atoms with van der Waals surface area (Å²) in [4.78, 5) is 53.1. The van der Waals surface area contributed by atoms with Crippen molar-refractivity contribution in [2.75, 3.05) is 13.1 Å². The highest BCUT2D eigenvalue weighted by Gasteiger charge is 2.63. The van der Waals surface area contributed by atoms with Crippen molar-refractivity contribution < 1.29 is 29.4 Å². The van der Waals surface area contributed by atoms with E-state index in [1.807, 2.05) is 6.92 Å². The lowest BCUT2D eigenvalue weighted by Crippen LogP contribution is -2.31. The summed E-state index contributed by atoms with van der Waals surface area (Å²) < 4.78 is 0. The first kappa shape index (κ1) is 14.6. The van der Waals surface area contributed by atoms with E-state index in [4.69, 9.17) is 29.4 Å². The van der Waals surface area contributed by atoms with Crippen LogP contribution in [0.4, 0.5) is 0 Å². The summed E-state index contributed by atoms with van der Waals surface area (Å²) in [6.45, 7) is 2.11. The Balaban J connectivity index is 4.28. The van der Waals surface area contributed by atoms with Gasteiger partial charge in [-0.1, -0.05) is 6.92 Å². The van der Waals surface area contributed by atoms with E-state index in [2.05, 4.69) is 5.32 Å². The maximum Gasteiger partial charge on any atom is 0.456 e. The van der Waals surface area contributed by atoms with Gasteiger partial charge in [0.05, 0.1) is 6.54 Å². The molecule has 0 unspecified atom stereocenters. The summed E-state index contributed by atoms with van der Waals surface area (Å²) in [6.07, 6.45) is 0.758. The van der Waals surface area contributed by atoms with Gasteiger partial charge in [-0.3, -0.25) is 0 Å². The van der Waals surface area contributed by atoms with Crippen LogP contribution in [-0.4, -0.2) is 47.9 Å².